The van der Waals surface area contributed by atoms with E-state index in [1.54, 1.807) is 0 Å². The SMILES string of the molecule is CC(C)CCCOC(=O)CCN1CCC(CCCC2CCN(CCC(=O)OCCCC(C)(C)C)CC2)CC1. The molecule has 0 atom stereocenters. The summed E-state index contributed by atoms with van der Waals surface area (Å²) in [5.74, 6) is 2.30. The Balaban J connectivity index is 1.44. The molecule has 0 aromatic heterocycles. The van der Waals surface area contributed by atoms with Gasteiger partial charge < -0.3 is 19.3 Å². The molecule has 2 saturated heterocycles. The van der Waals surface area contributed by atoms with Gasteiger partial charge in [0.2, 0.25) is 0 Å². The second-order valence-electron chi connectivity index (χ2n) is 13.6. The Hall–Kier alpha value is -1.14. The highest BCUT2D eigenvalue weighted by Gasteiger charge is 2.22. The van der Waals surface area contributed by atoms with Crippen molar-refractivity contribution in [3.63, 3.8) is 0 Å². The average Bonchev–Trinajstić information content (AvgIpc) is 2.87. The van der Waals surface area contributed by atoms with Crippen molar-refractivity contribution < 1.29 is 19.1 Å². The van der Waals surface area contributed by atoms with Crippen LogP contribution in [-0.2, 0) is 19.1 Å². The van der Waals surface area contributed by atoms with Crippen LogP contribution in [0.4, 0.5) is 0 Å². The van der Waals surface area contributed by atoms with Crippen LogP contribution in [0.2, 0.25) is 0 Å². The second-order valence-corrected chi connectivity index (χ2v) is 13.6. The summed E-state index contributed by atoms with van der Waals surface area (Å²) in [6.45, 7) is 18.4. The third-order valence-electron chi connectivity index (χ3n) is 8.43. The first kappa shape index (κ1) is 33.1. The number of hydrogen-bond donors (Lipinski definition) is 0. The van der Waals surface area contributed by atoms with E-state index < -0.39 is 0 Å². The number of carbonyl (C=O) groups excluding carboxylic acids is 2. The van der Waals surface area contributed by atoms with Crippen LogP contribution in [0.3, 0.4) is 0 Å². The molecule has 0 aromatic rings. The molecule has 0 spiro atoms. The summed E-state index contributed by atoms with van der Waals surface area (Å²) in [5.41, 5.74) is 0.305. The van der Waals surface area contributed by atoms with Crippen LogP contribution < -0.4 is 0 Å². The number of esters is 2. The number of hydrogen-bond acceptors (Lipinski definition) is 6. The Kier molecular flexibility index (Phi) is 15.9. The lowest BCUT2D eigenvalue weighted by atomic mass is 9.87. The van der Waals surface area contributed by atoms with Crippen LogP contribution in [0.15, 0.2) is 0 Å². The van der Waals surface area contributed by atoms with Gasteiger partial charge in [0.25, 0.3) is 0 Å². The standard InChI is InChI=1S/C32H60N2O4/c1-27(2)9-7-25-37-30(35)16-23-33-19-12-28(13-20-33)10-6-11-29-14-21-34(22-15-29)24-17-31(36)38-26-8-18-32(3,4)5/h27-29H,6-26H2,1-5H3. The van der Waals surface area contributed by atoms with Gasteiger partial charge in [-0.3, -0.25) is 9.59 Å². The number of piperidine rings is 2. The summed E-state index contributed by atoms with van der Waals surface area (Å²) in [5, 5.41) is 0. The summed E-state index contributed by atoms with van der Waals surface area (Å²) in [7, 11) is 0. The topological polar surface area (TPSA) is 59.1 Å². The van der Waals surface area contributed by atoms with E-state index in [0.29, 0.717) is 37.4 Å². The second kappa shape index (κ2) is 18.3. The fraction of sp³-hybridized carbons (Fsp3) is 0.938. The van der Waals surface area contributed by atoms with E-state index in [4.69, 9.17) is 9.47 Å². The summed E-state index contributed by atoms with van der Waals surface area (Å²) < 4.78 is 10.8. The van der Waals surface area contributed by atoms with E-state index in [0.717, 1.165) is 76.8 Å². The Morgan fingerprint density at radius 3 is 1.61 bits per heavy atom. The zero-order valence-corrected chi connectivity index (χ0v) is 25.6. The van der Waals surface area contributed by atoms with Crippen molar-refractivity contribution in [1.82, 2.24) is 9.80 Å². The maximum absolute atomic E-state index is 12.0. The van der Waals surface area contributed by atoms with Gasteiger partial charge in [-0.25, -0.2) is 0 Å². The van der Waals surface area contributed by atoms with Crippen LogP contribution in [0.5, 0.6) is 0 Å². The van der Waals surface area contributed by atoms with Gasteiger partial charge in [0.15, 0.2) is 0 Å². The van der Waals surface area contributed by atoms with Crippen molar-refractivity contribution in [2.45, 2.75) is 118 Å². The monoisotopic (exact) mass is 536 g/mol. The summed E-state index contributed by atoms with van der Waals surface area (Å²) in [6.07, 6.45) is 14.3. The van der Waals surface area contributed by atoms with Crippen LogP contribution in [-0.4, -0.2) is 74.2 Å². The predicted octanol–water partition coefficient (Wildman–Crippen LogP) is 6.71. The number of carbonyl (C=O) groups is 2. The molecule has 2 heterocycles. The molecule has 0 aliphatic carbocycles. The molecule has 0 radical (unpaired) electrons. The van der Waals surface area contributed by atoms with Crippen molar-refractivity contribution in [3.05, 3.63) is 0 Å². The minimum Gasteiger partial charge on any atom is -0.466 e. The molecule has 2 rings (SSSR count). The third-order valence-corrected chi connectivity index (χ3v) is 8.43. The first-order valence-corrected chi connectivity index (χ1v) is 15.9. The molecule has 222 valence electrons. The highest BCUT2D eigenvalue weighted by Crippen LogP contribution is 2.27. The lowest BCUT2D eigenvalue weighted by molar-refractivity contribution is -0.145. The molecule has 0 unspecified atom stereocenters. The molecule has 0 amide bonds. The van der Waals surface area contributed by atoms with Crippen molar-refractivity contribution >= 4 is 11.9 Å². The zero-order valence-electron chi connectivity index (χ0n) is 25.6. The minimum atomic E-state index is -0.0379. The van der Waals surface area contributed by atoms with Gasteiger partial charge >= 0.3 is 11.9 Å². The van der Waals surface area contributed by atoms with Gasteiger partial charge in [-0.2, -0.15) is 0 Å². The molecule has 0 aromatic carbocycles. The Bertz CT molecular complexity index is 644. The van der Waals surface area contributed by atoms with E-state index in [9.17, 15) is 9.59 Å². The maximum Gasteiger partial charge on any atom is 0.307 e. The van der Waals surface area contributed by atoms with Crippen molar-refractivity contribution in [1.29, 1.82) is 0 Å². The quantitative estimate of drug-likeness (QED) is 0.152. The molecule has 0 saturated carbocycles. The van der Waals surface area contributed by atoms with Gasteiger partial charge in [0, 0.05) is 13.1 Å². The van der Waals surface area contributed by atoms with Crippen LogP contribution in [0, 0.1) is 23.2 Å². The van der Waals surface area contributed by atoms with Gasteiger partial charge in [-0.15, -0.1) is 0 Å². The first-order valence-electron chi connectivity index (χ1n) is 15.9. The average molecular weight is 537 g/mol. The summed E-state index contributed by atoms with van der Waals surface area (Å²) in [6, 6.07) is 0. The molecule has 2 aliphatic rings. The van der Waals surface area contributed by atoms with Crippen LogP contribution >= 0.6 is 0 Å². The molecule has 6 nitrogen and oxygen atoms in total. The van der Waals surface area contributed by atoms with Gasteiger partial charge in [0.1, 0.15) is 0 Å². The van der Waals surface area contributed by atoms with E-state index in [1.807, 2.05) is 0 Å². The third kappa shape index (κ3) is 16.1. The predicted molar refractivity (Wildman–Crippen MR) is 156 cm³/mol. The number of likely N-dealkylation sites (tertiary alicyclic amines) is 2. The number of nitrogens with zero attached hydrogens (tertiary/aromatic N) is 2. The first-order chi connectivity index (χ1) is 18.1. The molecule has 0 bridgehead atoms. The van der Waals surface area contributed by atoms with Crippen molar-refractivity contribution in [3.8, 4) is 0 Å². The van der Waals surface area contributed by atoms with E-state index in [-0.39, 0.29) is 11.9 Å². The van der Waals surface area contributed by atoms with Crippen LogP contribution in [0.25, 0.3) is 0 Å². The summed E-state index contributed by atoms with van der Waals surface area (Å²) >= 11 is 0. The maximum atomic E-state index is 12.0. The molecule has 2 fully saturated rings. The minimum absolute atomic E-state index is 0.0338. The smallest absolute Gasteiger partial charge is 0.307 e. The Morgan fingerprint density at radius 1 is 0.737 bits per heavy atom. The van der Waals surface area contributed by atoms with Gasteiger partial charge in [-0.1, -0.05) is 53.9 Å². The molecule has 6 heteroatoms. The normalized spacial score (nSPS) is 18.7. The fourth-order valence-electron chi connectivity index (χ4n) is 5.80. The van der Waals surface area contributed by atoms with Gasteiger partial charge in [-0.05, 0) is 101 Å². The van der Waals surface area contributed by atoms with E-state index >= 15 is 0 Å². The molecular weight excluding hydrogens is 476 g/mol. The molecule has 0 N–H and O–H groups in total. The van der Waals surface area contributed by atoms with Crippen molar-refractivity contribution in [2.24, 2.45) is 23.2 Å². The Labute approximate surface area is 234 Å². The fourth-order valence-corrected chi connectivity index (χ4v) is 5.80. The summed E-state index contributed by atoms with van der Waals surface area (Å²) in [4.78, 5) is 28.9. The van der Waals surface area contributed by atoms with Crippen molar-refractivity contribution in [2.75, 3.05) is 52.5 Å². The van der Waals surface area contributed by atoms with E-state index in [2.05, 4.69) is 44.4 Å². The highest BCUT2D eigenvalue weighted by molar-refractivity contribution is 5.69. The molecular formula is C32H60N2O4. The van der Waals surface area contributed by atoms with E-state index in [1.165, 1.54) is 44.9 Å². The van der Waals surface area contributed by atoms with Crippen LogP contribution in [0.1, 0.15) is 118 Å². The number of ether oxygens (including phenoxy) is 2. The molecule has 38 heavy (non-hydrogen) atoms. The van der Waals surface area contributed by atoms with Gasteiger partial charge in [0.05, 0.1) is 26.1 Å². The highest BCUT2D eigenvalue weighted by atomic mass is 16.5. The Morgan fingerprint density at radius 2 is 1.18 bits per heavy atom. The lowest BCUT2D eigenvalue weighted by Gasteiger charge is -2.33. The largest absolute Gasteiger partial charge is 0.466 e. The zero-order chi connectivity index (χ0) is 27.8. The number of rotatable bonds is 17. The lowest BCUT2D eigenvalue weighted by Crippen LogP contribution is -2.36. The molecule has 2 aliphatic heterocycles.